The third-order valence-corrected chi connectivity index (χ3v) is 9.41. The van der Waals surface area contributed by atoms with Crippen molar-refractivity contribution in [1.82, 2.24) is 20.3 Å². The quantitative estimate of drug-likeness (QED) is 0.0768. The number of fused-ring (bicyclic) bond motifs is 5. The van der Waals surface area contributed by atoms with Gasteiger partial charge in [-0.25, -0.2) is 4.79 Å². The average molecular weight is 896 g/mol. The monoisotopic (exact) mass is 896 g/mol. The lowest BCUT2D eigenvalue weighted by molar-refractivity contribution is -0.139. The minimum Gasteiger partial charge on any atom is -0.480 e. The molecular formula is C54H81N5O6. The molecule has 0 bridgehead atoms. The van der Waals surface area contributed by atoms with Gasteiger partial charge in [-0.2, -0.15) is 0 Å². The number of aryl methyl sites for hydroxylation is 4. The Kier molecular flexibility index (Phi) is 30.4. The van der Waals surface area contributed by atoms with Crippen LogP contribution in [0.2, 0.25) is 0 Å². The Bertz CT molecular complexity index is 2480. The Hall–Kier alpha value is -6.23. The number of hydrogen-bond acceptors (Lipinski definition) is 6. The zero-order valence-electron chi connectivity index (χ0n) is 42.8. The summed E-state index contributed by atoms with van der Waals surface area (Å²) in [5, 5.41) is 16.3. The van der Waals surface area contributed by atoms with Crippen LogP contribution >= 0.6 is 0 Å². The molecule has 0 saturated carbocycles. The number of benzene rings is 3. The second-order valence-electron chi connectivity index (χ2n) is 14.5. The van der Waals surface area contributed by atoms with E-state index in [-0.39, 0.29) is 23.3 Å². The predicted molar refractivity (Wildman–Crippen MR) is 279 cm³/mol. The Morgan fingerprint density at radius 2 is 1.18 bits per heavy atom. The number of carbonyl (C=O) groups excluding carboxylic acids is 1. The van der Waals surface area contributed by atoms with E-state index in [0.717, 1.165) is 51.0 Å². The molecule has 358 valence electrons. The maximum absolute atomic E-state index is 11.3. The van der Waals surface area contributed by atoms with Crippen molar-refractivity contribution in [3.05, 3.63) is 155 Å². The fourth-order valence-electron chi connectivity index (χ4n) is 6.38. The smallest absolute Gasteiger partial charge is 0.326 e. The van der Waals surface area contributed by atoms with E-state index in [2.05, 4.69) is 63.4 Å². The van der Waals surface area contributed by atoms with Crippen molar-refractivity contribution in [2.75, 3.05) is 5.32 Å². The summed E-state index contributed by atoms with van der Waals surface area (Å²) in [6.45, 7) is 39.3. The summed E-state index contributed by atoms with van der Waals surface area (Å²) < 4.78 is 0. The van der Waals surface area contributed by atoms with Gasteiger partial charge in [0.05, 0.1) is 11.0 Å². The number of allylic oxidation sites excluding steroid dienone is 4. The van der Waals surface area contributed by atoms with Crippen LogP contribution in [-0.4, -0.2) is 38.0 Å². The molecule has 0 radical (unpaired) electrons. The lowest BCUT2D eigenvalue weighted by Crippen LogP contribution is -2.41. The molecule has 2 aliphatic rings. The summed E-state index contributed by atoms with van der Waals surface area (Å²) in [6.07, 6.45) is 5.51. The molecule has 0 fully saturated rings. The fraction of sp³-hybridized carbons (Fsp3) is 0.426. The first-order valence-electron chi connectivity index (χ1n) is 23.1. The average Bonchev–Trinajstić information content (AvgIpc) is 3.79. The number of anilines is 1. The van der Waals surface area contributed by atoms with E-state index in [1.165, 1.54) is 16.7 Å². The van der Waals surface area contributed by atoms with Crippen LogP contribution in [0.1, 0.15) is 144 Å². The van der Waals surface area contributed by atoms with E-state index < -0.39 is 23.1 Å². The molecule has 11 nitrogen and oxygen atoms in total. The molecular weight excluding hydrogens is 815 g/mol. The molecule has 11 heteroatoms. The Labute approximate surface area is 389 Å². The molecule has 3 atom stereocenters. The van der Waals surface area contributed by atoms with Gasteiger partial charge < -0.3 is 30.7 Å². The number of carboxylic acids is 1. The summed E-state index contributed by atoms with van der Waals surface area (Å²) in [7, 11) is 0. The summed E-state index contributed by atoms with van der Waals surface area (Å²) in [5.41, 5.74) is 10.6. The maximum Gasteiger partial charge on any atom is 0.326 e. The van der Waals surface area contributed by atoms with E-state index >= 15 is 0 Å². The Morgan fingerprint density at radius 3 is 1.72 bits per heavy atom. The molecule has 1 aliphatic carbocycles. The number of aromatic amines is 3. The van der Waals surface area contributed by atoms with Crippen molar-refractivity contribution in [3.63, 3.8) is 0 Å². The summed E-state index contributed by atoms with van der Waals surface area (Å²) >= 11 is 0. The zero-order valence-corrected chi connectivity index (χ0v) is 42.8. The lowest BCUT2D eigenvalue weighted by atomic mass is 9.79. The van der Waals surface area contributed by atoms with Crippen LogP contribution in [0.15, 0.2) is 111 Å². The van der Waals surface area contributed by atoms with Crippen LogP contribution < -0.4 is 27.3 Å². The standard InChI is InChI=1S/C14H15NO2.C11H11NO.C10H17NO.C9H8N2O2.5C2H6/c1-8-5-6-12-11(7-8)9-3-2-4-10(9)13(15-12)14(16)17;1-7-3-4-10-9(5-7)8(2)6-11(13)12-10;1-7(2)6-10(12)11-9(5)8(3)4;1-5-2-3-6-7(4-5)11-9(13)8(12)10-6;5*1-2/h2-3,5-7,9-10,13,15H,4H2,1H3,(H,16,17);3-6H,1-2H3,(H,12,13);1,6H2,2-5H3,(H,11,12);2-4H,1H3,(H,10,12)(H,11,13);5*1-2H3/t9?,10?,13-;;;;;;;;/m1......../s1. The molecule has 5 aromatic rings. The number of pyridine rings is 1. The number of aliphatic carboxylic acids is 1. The molecule has 65 heavy (non-hydrogen) atoms. The number of hydrogen-bond donors (Lipinski definition) is 6. The highest BCUT2D eigenvalue weighted by atomic mass is 16.4. The second kappa shape index (κ2) is 32.4. The summed E-state index contributed by atoms with van der Waals surface area (Å²) in [6, 6.07) is 18.8. The zero-order chi connectivity index (χ0) is 50.6. The Balaban J connectivity index is 0. The van der Waals surface area contributed by atoms with E-state index in [1.54, 1.807) is 12.1 Å². The third kappa shape index (κ3) is 20.0. The highest BCUT2D eigenvalue weighted by molar-refractivity contribution is 5.83. The SMILES string of the molecule is C=C(C)CC(=O)NC(C)=C(C)C.CC.CC.CC.CC.CC.Cc1ccc2[nH]c(=O)c(=O)[nH]c2c1.Cc1ccc2[nH]c(=O)cc(C)c2c1.Cc1ccc2c(c1)C1C=CCC1[C@H](C(=O)O)N2. The van der Waals surface area contributed by atoms with Gasteiger partial charge in [-0.3, -0.25) is 19.2 Å². The highest BCUT2D eigenvalue weighted by Crippen LogP contribution is 2.44. The number of rotatable bonds is 4. The fourth-order valence-corrected chi connectivity index (χ4v) is 6.38. The van der Waals surface area contributed by atoms with Gasteiger partial charge in [0.15, 0.2) is 0 Å². The van der Waals surface area contributed by atoms with Crippen molar-refractivity contribution in [2.45, 2.75) is 149 Å². The van der Waals surface area contributed by atoms with Crippen molar-refractivity contribution < 1.29 is 14.7 Å². The number of carboxylic acid groups (broad SMARTS) is 1. The molecule has 3 heterocycles. The normalized spacial score (nSPS) is 14.0. The van der Waals surface area contributed by atoms with E-state index in [0.29, 0.717) is 17.5 Å². The molecule has 0 spiro atoms. The first-order valence-corrected chi connectivity index (χ1v) is 23.1. The van der Waals surface area contributed by atoms with Gasteiger partial charge in [0.1, 0.15) is 6.04 Å². The van der Waals surface area contributed by atoms with Gasteiger partial charge in [0.2, 0.25) is 11.5 Å². The van der Waals surface area contributed by atoms with Gasteiger partial charge >= 0.3 is 17.1 Å². The number of amides is 1. The number of nitrogens with one attached hydrogen (secondary N) is 5. The molecule has 6 N–H and O–H groups in total. The van der Waals surface area contributed by atoms with Gasteiger partial charge in [-0.1, -0.05) is 135 Å². The molecule has 1 amide bonds. The first-order chi connectivity index (χ1) is 30.9. The van der Waals surface area contributed by atoms with E-state index in [9.17, 15) is 29.1 Å². The van der Waals surface area contributed by atoms with Gasteiger partial charge in [0.25, 0.3) is 0 Å². The van der Waals surface area contributed by atoms with Crippen molar-refractivity contribution in [1.29, 1.82) is 0 Å². The molecule has 1 aliphatic heterocycles. The lowest BCUT2D eigenvalue weighted by Gasteiger charge is -2.34. The third-order valence-electron chi connectivity index (χ3n) is 9.41. The summed E-state index contributed by atoms with van der Waals surface area (Å²) in [4.78, 5) is 63.2. The number of carbonyl (C=O) groups is 2. The topological polar surface area (TPSA) is 177 Å². The Morgan fingerprint density at radius 1 is 0.677 bits per heavy atom. The van der Waals surface area contributed by atoms with Crippen molar-refractivity contribution >= 4 is 39.5 Å². The number of H-pyrrole nitrogens is 3. The molecule has 0 saturated heterocycles. The van der Waals surface area contributed by atoms with Crippen LogP contribution in [0, 0.1) is 33.6 Å². The highest BCUT2D eigenvalue weighted by Gasteiger charge is 2.40. The molecule has 7 rings (SSSR count). The minimum atomic E-state index is -0.755. The molecule has 3 aromatic carbocycles. The van der Waals surface area contributed by atoms with Crippen molar-refractivity contribution in [3.8, 4) is 0 Å². The van der Waals surface area contributed by atoms with Crippen LogP contribution in [0.3, 0.4) is 0 Å². The number of aromatic nitrogens is 3. The predicted octanol–water partition coefficient (Wildman–Crippen LogP) is 12.7. The largest absolute Gasteiger partial charge is 0.480 e. The van der Waals surface area contributed by atoms with Crippen LogP contribution in [-0.2, 0) is 9.59 Å². The summed E-state index contributed by atoms with van der Waals surface area (Å²) in [5.74, 6) is -0.329. The van der Waals surface area contributed by atoms with Gasteiger partial charge in [-0.15, -0.1) is 0 Å². The van der Waals surface area contributed by atoms with Crippen LogP contribution in [0.4, 0.5) is 5.69 Å². The first kappa shape index (κ1) is 60.9. The van der Waals surface area contributed by atoms with Crippen LogP contribution in [0.5, 0.6) is 0 Å². The van der Waals surface area contributed by atoms with Crippen LogP contribution in [0.25, 0.3) is 21.9 Å². The van der Waals surface area contributed by atoms with Crippen molar-refractivity contribution in [2.24, 2.45) is 5.92 Å². The molecule has 2 unspecified atom stereocenters. The van der Waals surface area contributed by atoms with Gasteiger partial charge in [-0.05, 0) is 109 Å². The minimum absolute atomic E-state index is 0.0150. The van der Waals surface area contributed by atoms with E-state index in [4.69, 9.17) is 0 Å². The molecule has 2 aromatic heterocycles. The van der Waals surface area contributed by atoms with E-state index in [1.807, 2.05) is 154 Å². The van der Waals surface area contributed by atoms with Gasteiger partial charge in [0, 0.05) is 46.6 Å². The maximum atomic E-state index is 11.3. The second-order valence-corrected chi connectivity index (χ2v) is 14.5.